The summed E-state index contributed by atoms with van der Waals surface area (Å²) < 4.78 is 15.9. The van der Waals surface area contributed by atoms with Crippen molar-refractivity contribution in [3.05, 3.63) is 64.3 Å². The summed E-state index contributed by atoms with van der Waals surface area (Å²) in [4.78, 5) is 27.6. The summed E-state index contributed by atoms with van der Waals surface area (Å²) in [5, 5.41) is 1.89. The first-order valence-electron chi connectivity index (χ1n) is 9.12. The van der Waals surface area contributed by atoms with Crippen molar-refractivity contribution in [2.75, 3.05) is 27.1 Å². The van der Waals surface area contributed by atoms with Crippen molar-refractivity contribution >= 4 is 29.0 Å². The third-order valence-electron chi connectivity index (χ3n) is 4.07. The highest BCUT2D eigenvalue weighted by Gasteiger charge is 2.24. The molecular formula is C21H22N2O5S. The first-order valence-corrected chi connectivity index (χ1v) is 9.94. The fourth-order valence-electron chi connectivity index (χ4n) is 2.59. The number of carbonyl (C=O) groups excluding carboxylic acids is 2. The number of amides is 2. The van der Waals surface area contributed by atoms with Crippen LogP contribution in [0.15, 0.2) is 47.5 Å². The minimum Gasteiger partial charge on any atom is -0.493 e. The predicted molar refractivity (Wildman–Crippen MR) is 111 cm³/mol. The van der Waals surface area contributed by atoms with Gasteiger partial charge in [0, 0.05) is 25.4 Å². The number of benzene rings is 1. The van der Waals surface area contributed by atoms with E-state index in [2.05, 4.69) is 10.3 Å². The first kappa shape index (κ1) is 21.0. The molecule has 0 radical (unpaired) electrons. The second-order valence-corrected chi connectivity index (χ2v) is 7.26. The molecule has 7 nitrogen and oxygen atoms in total. The molecule has 1 aliphatic rings. The Balaban J connectivity index is 1.43. The van der Waals surface area contributed by atoms with Crippen molar-refractivity contribution in [3.63, 3.8) is 0 Å². The van der Waals surface area contributed by atoms with Gasteiger partial charge in [0.05, 0.1) is 18.1 Å². The maximum Gasteiger partial charge on any atom is 0.290 e. The van der Waals surface area contributed by atoms with E-state index in [9.17, 15) is 9.59 Å². The molecule has 0 atom stereocenters. The first-order chi connectivity index (χ1) is 14.1. The van der Waals surface area contributed by atoms with Crippen LogP contribution in [0.3, 0.4) is 0 Å². The molecule has 2 aromatic rings. The van der Waals surface area contributed by atoms with Crippen molar-refractivity contribution in [2.24, 2.45) is 0 Å². The van der Waals surface area contributed by atoms with Gasteiger partial charge in [0.2, 0.25) is 0 Å². The smallest absolute Gasteiger partial charge is 0.290 e. The topological polar surface area (TPSA) is 86.8 Å². The molecule has 1 aromatic carbocycles. The molecule has 0 bridgehead atoms. The van der Waals surface area contributed by atoms with Crippen molar-refractivity contribution in [1.82, 2.24) is 10.3 Å². The van der Waals surface area contributed by atoms with Crippen LogP contribution in [-0.2, 0) is 27.1 Å². The van der Waals surface area contributed by atoms with E-state index < -0.39 is 0 Å². The monoisotopic (exact) mass is 414 g/mol. The molecule has 8 heteroatoms. The summed E-state index contributed by atoms with van der Waals surface area (Å²) in [6.45, 7) is 1.41. The average Bonchev–Trinajstić information content (AvgIpc) is 3.04. The molecule has 152 valence electrons. The van der Waals surface area contributed by atoms with Gasteiger partial charge in [-0.1, -0.05) is 18.2 Å². The van der Waals surface area contributed by atoms with Crippen LogP contribution >= 0.6 is 11.8 Å². The molecule has 2 heterocycles. The van der Waals surface area contributed by atoms with E-state index >= 15 is 0 Å². The van der Waals surface area contributed by atoms with Crippen LogP contribution in [0.4, 0.5) is 4.79 Å². The number of methoxy groups -OCH3 is 1. The number of aromatic nitrogens is 1. The third kappa shape index (κ3) is 6.70. The zero-order valence-electron chi connectivity index (χ0n) is 16.1. The normalized spacial score (nSPS) is 15.0. The third-order valence-corrected chi connectivity index (χ3v) is 4.88. The molecule has 1 aromatic heterocycles. The van der Waals surface area contributed by atoms with Gasteiger partial charge in [0.15, 0.2) is 0 Å². The number of ether oxygens (including phenoxy) is 3. The van der Waals surface area contributed by atoms with Gasteiger partial charge < -0.3 is 14.2 Å². The Morgan fingerprint density at radius 3 is 2.55 bits per heavy atom. The number of pyridine rings is 1. The molecule has 2 amide bonds. The highest BCUT2D eigenvalue weighted by molar-refractivity contribution is 8.18. The molecule has 1 aliphatic heterocycles. The molecule has 3 rings (SSSR count). The van der Waals surface area contributed by atoms with Gasteiger partial charge in [-0.3, -0.25) is 19.9 Å². The molecule has 0 aliphatic carbocycles. The lowest BCUT2D eigenvalue weighted by molar-refractivity contribution is -0.115. The van der Waals surface area contributed by atoms with Crippen LogP contribution in [0.25, 0.3) is 6.08 Å². The zero-order chi connectivity index (χ0) is 20.5. The molecule has 0 spiro atoms. The van der Waals surface area contributed by atoms with Gasteiger partial charge in [-0.25, -0.2) is 0 Å². The summed E-state index contributed by atoms with van der Waals surface area (Å²) in [5.74, 6) is 0.375. The fourth-order valence-corrected chi connectivity index (χ4v) is 3.27. The van der Waals surface area contributed by atoms with Crippen LogP contribution in [0.1, 0.15) is 16.8 Å². The molecular weight excluding hydrogens is 392 g/mol. The summed E-state index contributed by atoms with van der Waals surface area (Å²) in [5.41, 5.74) is 2.91. The molecule has 0 unspecified atom stereocenters. The number of nitrogens with one attached hydrogen (secondary N) is 1. The number of hydrogen-bond acceptors (Lipinski definition) is 7. The highest BCUT2D eigenvalue weighted by Crippen LogP contribution is 2.26. The predicted octanol–water partition coefficient (Wildman–Crippen LogP) is 3.19. The number of hydrogen-bond donors (Lipinski definition) is 1. The second kappa shape index (κ2) is 10.8. The largest absolute Gasteiger partial charge is 0.493 e. The number of imide groups is 1. The molecule has 29 heavy (non-hydrogen) atoms. The fraction of sp³-hybridized carbons (Fsp3) is 0.286. The van der Waals surface area contributed by atoms with Crippen molar-refractivity contribution in [3.8, 4) is 5.75 Å². The number of carbonyl (C=O) groups is 2. The maximum atomic E-state index is 11.6. The summed E-state index contributed by atoms with van der Waals surface area (Å²) >= 11 is 0.902. The van der Waals surface area contributed by atoms with Gasteiger partial charge in [-0.05, 0) is 53.6 Å². The van der Waals surface area contributed by atoms with Crippen molar-refractivity contribution in [2.45, 2.75) is 12.8 Å². The Morgan fingerprint density at radius 1 is 1.07 bits per heavy atom. The van der Waals surface area contributed by atoms with Crippen LogP contribution in [0, 0.1) is 0 Å². The molecule has 0 saturated carbocycles. The number of thioether (sulfide) groups is 1. The van der Waals surface area contributed by atoms with E-state index in [1.807, 2.05) is 42.6 Å². The van der Waals surface area contributed by atoms with Crippen LogP contribution in [-0.4, -0.2) is 43.2 Å². The molecule has 1 saturated heterocycles. The van der Waals surface area contributed by atoms with E-state index in [-0.39, 0.29) is 11.1 Å². The molecule has 1 N–H and O–H groups in total. The van der Waals surface area contributed by atoms with Gasteiger partial charge in [0.1, 0.15) is 12.5 Å². The van der Waals surface area contributed by atoms with E-state index in [0.29, 0.717) is 31.3 Å². The van der Waals surface area contributed by atoms with Crippen LogP contribution in [0.2, 0.25) is 0 Å². The van der Waals surface area contributed by atoms with Crippen molar-refractivity contribution < 1.29 is 23.8 Å². The minimum atomic E-state index is -0.360. The lowest BCUT2D eigenvalue weighted by atomic mass is 10.2. The minimum absolute atomic E-state index is 0.301. The van der Waals surface area contributed by atoms with Crippen LogP contribution < -0.4 is 10.1 Å². The average molecular weight is 414 g/mol. The highest BCUT2D eigenvalue weighted by atomic mass is 32.2. The molecule has 1 fully saturated rings. The SMILES string of the molecule is COCOCCc1ccc(CCOc2ccc(C=C3SC(=O)NC3=O)cc2)nc1. The Kier molecular flexibility index (Phi) is 7.80. The van der Waals surface area contributed by atoms with E-state index in [1.165, 1.54) is 0 Å². The Morgan fingerprint density at radius 2 is 1.90 bits per heavy atom. The van der Waals surface area contributed by atoms with Gasteiger partial charge in [-0.2, -0.15) is 0 Å². The van der Waals surface area contributed by atoms with E-state index in [4.69, 9.17) is 14.2 Å². The number of nitrogens with zero attached hydrogens (tertiary/aromatic N) is 1. The van der Waals surface area contributed by atoms with Gasteiger partial charge in [0.25, 0.3) is 11.1 Å². The van der Waals surface area contributed by atoms with E-state index in [0.717, 1.165) is 40.8 Å². The quantitative estimate of drug-likeness (QED) is 0.363. The second-order valence-electron chi connectivity index (χ2n) is 6.24. The summed E-state index contributed by atoms with van der Waals surface area (Å²) in [6, 6.07) is 11.4. The number of rotatable bonds is 10. The Hall–Kier alpha value is -2.68. The standard InChI is InChI=1S/C21H22N2O5S/c1-26-14-27-10-8-16-2-5-17(22-13-16)9-11-28-18-6-3-15(4-7-18)12-19-20(24)23-21(25)29-19/h2-7,12-13H,8-11,14H2,1H3,(H,23,24,25). The van der Waals surface area contributed by atoms with Crippen LogP contribution in [0.5, 0.6) is 5.75 Å². The lowest BCUT2D eigenvalue weighted by Crippen LogP contribution is -2.17. The Labute approximate surface area is 173 Å². The zero-order valence-corrected chi connectivity index (χ0v) is 16.9. The van der Waals surface area contributed by atoms with Gasteiger partial charge >= 0.3 is 0 Å². The summed E-state index contributed by atoms with van der Waals surface area (Å²) in [6.07, 6.45) is 5.03. The van der Waals surface area contributed by atoms with E-state index in [1.54, 1.807) is 13.2 Å². The summed E-state index contributed by atoms with van der Waals surface area (Å²) in [7, 11) is 1.60. The maximum absolute atomic E-state index is 11.6. The van der Waals surface area contributed by atoms with Gasteiger partial charge in [-0.15, -0.1) is 0 Å². The Bertz CT molecular complexity index is 866. The lowest BCUT2D eigenvalue weighted by Gasteiger charge is -2.07. The van der Waals surface area contributed by atoms with Crippen molar-refractivity contribution in [1.29, 1.82) is 0 Å².